The maximum absolute atomic E-state index is 11.8. The number of carbonyl (C=O) groups is 1. The van der Waals surface area contributed by atoms with Crippen molar-refractivity contribution in [1.82, 2.24) is 19.4 Å². The Labute approximate surface area is 180 Å². The molecule has 0 unspecified atom stereocenters. The number of aromatic nitrogens is 3. The molecule has 2 aromatic heterocycles. The van der Waals surface area contributed by atoms with Crippen LogP contribution in [0.5, 0.6) is 0 Å². The van der Waals surface area contributed by atoms with E-state index in [1.54, 1.807) is 0 Å². The zero-order chi connectivity index (χ0) is 22.2. The second-order valence-electron chi connectivity index (χ2n) is 7.38. The number of hydrogen-bond donors (Lipinski definition) is 2. The van der Waals surface area contributed by atoms with Crippen LogP contribution in [0, 0.1) is 0 Å². The van der Waals surface area contributed by atoms with Crippen LogP contribution in [0.4, 0.5) is 10.6 Å². The molecule has 3 heterocycles. The maximum atomic E-state index is 11.8. The number of primary amides is 1. The van der Waals surface area contributed by atoms with Crippen LogP contribution in [-0.4, -0.2) is 40.4 Å². The van der Waals surface area contributed by atoms with Crippen molar-refractivity contribution in [3.8, 4) is 0 Å². The van der Waals surface area contributed by atoms with Gasteiger partial charge in [0, 0.05) is 30.3 Å². The minimum atomic E-state index is -3.42. The normalized spacial score (nSPS) is 14.9. The van der Waals surface area contributed by atoms with Crippen molar-refractivity contribution in [2.24, 2.45) is 5.73 Å². The van der Waals surface area contributed by atoms with E-state index in [0.717, 1.165) is 45.9 Å². The van der Waals surface area contributed by atoms with E-state index in [2.05, 4.69) is 9.55 Å². The lowest BCUT2D eigenvalue weighted by atomic mass is 10.2. The number of sulfone groups is 1. The molecule has 0 saturated heterocycles. The summed E-state index contributed by atoms with van der Waals surface area (Å²) in [5, 5.41) is 3.11. The monoisotopic (exact) mass is 440 g/mol. The Balaban J connectivity index is 1.57. The average molecular weight is 441 g/mol. The molecule has 10 heteroatoms. The summed E-state index contributed by atoms with van der Waals surface area (Å²) in [7, 11) is -3.42. The summed E-state index contributed by atoms with van der Waals surface area (Å²) < 4.78 is 25.4. The van der Waals surface area contributed by atoms with Crippen molar-refractivity contribution in [2.75, 3.05) is 12.3 Å². The topological polar surface area (TPSA) is 137 Å². The fourth-order valence-corrected chi connectivity index (χ4v) is 4.84. The van der Waals surface area contributed by atoms with Crippen molar-refractivity contribution in [3.63, 3.8) is 0 Å². The van der Waals surface area contributed by atoms with Gasteiger partial charge in [0.05, 0.1) is 22.1 Å². The van der Waals surface area contributed by atoms with E-state index in [0.29, 0.717) is 36.5 Å². The first kappa shape index (κ1) is 20.9. The summed E-state index contributed by atoms with van der Waals surface area (Å²) in [5.74, 6) is 1.32. The second kappa shape index (κ2) is 8.03. The minimum absolute atomic E-state index is 0.291. The molecule has 0 fully saturated rings. The largest absolute Gasteiger partial charge is 0.382 e. The highest BCUT2D eigenvalue weighted by Crippen LogP contribution is 2.29. The summed E-state index contributed by atoms with van der Waals surface area (Å²) >= 11 is 0. The van der Waals surface area contributed by atoms with Crippen LogP contribution in [0.25, 0.3) is 21.9 Å². The van der Waals surface area contributed by atoms with Gasteiger partial charge >= 0.3 is 6.03 Å². The molecule has 0 atom stereocenters. The number of anilines is 1. The van der Waals surface area contributed by atoms with E-state index >= 15 is 0 Å². The number of amides is 2. The number of hydrogen-bond acceptors (Lipinski definition) is 6. The number of allylic oxidation sites excluding steroid dienone is 1. The number of pyridine rings is 1. The van der Waals surface area contributed by atoms with E-state index < -0.39 is 15.9 Å². The van der Waals surface area contributed by atoms with E-state index in [-0.39, 0.29) is 0 Å². The lowest BCUT2D eigenvalue weighted by Gasteiger charge is -2.20. The SMILES string of the molecule is CCc1nc2c(N)nc3ccccc3c2n1CCCCN(C(N)=O)C1=CS(=O)(=O)C=C1. The first-order valence-corrected chi connectivity index (χ1v) is 11.7. The molecule has 1 aliphatic rings. The van der Waals surface area contributed by atoms with Crippen LogP contribution in [0.2, 0.25) is 0 Å². The third-order valence-electron chi connectivity index (χ3n) is 5.31. The molecule has 0 bridgehead atoms. The molecular weight excluding hydrogens is 416 g/mol. The highest BCUT2D eigenvalue weighted by Gasteiger charge is 2.21. The summed E-state index contributed by atoms with van der Waals surface area (Å²) in [5.41, 5.74) is 14.4. The van der Waals surface area contributed by atoms with Crippen LogP contribution in [-0.2, 0) is 22.8 Å². The zero-order valence-corrected chi connectivity index (χ0v) is 18.0. The van der Waals surface area contributed by atoms with Gasteiger partial charge in [-0.25, -0.2) is 23.2 Å². The van der Waals surface area contributed by atoms with E-state index in [1.165, 1.54) is 11.0 Å². The molecule has 0 aliphatic carbocycles. The second-order valence-corrected chi connectivity index (χ2v) is 9.06. The third kappa shape index (κ3) is 3.98. The van der Waals surface area contributed by atoms with Gasteiger partial charge < -0.3 is 16.0 Å². The fraction of sp³-hybridized carbons (Fsp3) is 0.286. The van der Waals surface area contributed by atoms with Gasteiger partial charge in [0.1, 0.15) is 11.3 Å². The van der Waals surface area contributed by atoms with E-state index in [1.807, 2.05) is 31.2 Å². The quantitative estimate of drug-likeness (QED) is 0.542. The number of nitrogen functional groups attached to an aromatic ring is 1. The molecule has 162 valence electrons. The summed E-state index contributed by atoms with van der Waals surface area (Å²) in [6.07, 6.45) is 3.50. The average Bonchev–Trinajstić information content (AvgIpc) is 3.28. The number of rotatable bonds is 7. The summed E-state index contributed by atoms with van der Waals surface area (Å²) in [4.78, 5) is 22.3. The molecule has 0 saturated carbocycles. The molecule has 9 nitrogen and oxygen atoms in total. The first-order chi connectivity index (χ1) is 14.8. The fourth-order valence-electron chi connectivity index (χ4n) is 3.89. The molecule has 4 N–H and O–H groups in total. The Hall–Kier alpha value is -3.40. The first-order valence-electron chi connectivity index (χ1n) is 10.1. The smallest absolute Gasteiger partial charge is 0.319 e. The molecular formula is C21H24N6O3S. The van der Waals surface area contributed by atoms with Crippen LogP contribution >= 0.6 is 0 Å². The Morgan fingerprint density at radius 2 is 1.97 bits per heavy atom. The van der Waals surface area contributed by atoms with Gasteiger partial charge in [-0.1, -0.05) is 25.1 Å². The van der Waals surface area contributed by atoms with Gasteiger partial charge in [-0.15, -0.1) is 0 Å². The lowest BCUT2D eigenvalue weighted by Crippen LogP contribution is -2.35. The summed E-state index contributed by atoms with van der Waals surface area (Å²) in [6.45, 7) is 3.03. The Morgan fingerprint density at radius 1 is 1.19 bits per heavy atom. The Kier molecular flexibility index (Phi) is 5.40. The van der Waals surface area contributed by atoms with Crippen LogP contribution in [0.1, 0.15) is 25.6 Å². The molecule has 31 heavy (non-hydrogen) atoms. The number of para-hydroxylation sites is 1. The van der Waals surface area contributed by atoms with Gasteiger partial charge in [0.2, 0.25) is 0 Å². The number of urea groups is 1. The number of imidazole rings is 1. The van der Waals surface area contributed by atoms with Crippen LogP contribution in [0.15, 0.2) is 46.9 Å². The number of carbonyl (C=O) groups excluding carboxylic acids is 1. The van der Waals surface area contributed by atoms with Gasteiger partial charge in [-0.3, -0.25) is 4.90 Å². The van der Waals surface area contributed by atoms with Crippen LogP contribution in [0.3, 0.4) is 0 Å². The Morgan fingerprint density at radius 3 is 2.65 bits per heavy atom. The van der Waals surface area contributed by atoms with Gasteiger partial charge in [-0.2, -0.15) is 0 Å². The van der Waals surface area contributed by atoms with Gasteiger partial charge in [0.25, 0.3) is 0 Å². The standard InChI is InChI=1S/C21H24N6O3S/c1-2-17-25-18-19(15-7-3-4-8-16(15)24-20(18)22)27(17)11-6-5-10-26(21(23)28)14-9-12-31(29,30)13-14/h3-4,7-9,12-13H,2,5-6,10-11H2,1H3,(H2,22,24)(H2,23,28). The number of benzene rings is 1. The van der Waals surface area contributed by atoms with Crippen molar-refractivity contribution < 1.29 is 13.2 Å². The summed E-state index contributed by atoms with van der Waals surface area (Å²) in [6, 6.07) is 7.14. The highest BCUT2D eigenvalue weighted by molar-refractivity contribution is 7.97. The van der Waals surface area contributed by atoms with Crippen molar-refractivity contribution in [1.29, 1.82) is 0 Å². The lowest BCUT2D eigenvalue weighted by molar-refractivity contribution is 0.221. The molecule has 3 aromatic rings. The number of aryl methyl sites for hydroxylation is 2. The minimum Gasteiger partial charge on any atom is -0.382 e. The van der Waals surface area contributed by atoms with Crippen molar-refractivity contribution in [2.45, 2.75) is 32.7 Å². The predicted molar refractivity (Wildman–Crippen MR) is 120 cm³/mol. The van der Waals surface area contributed by atoms with E-state index in [9.17, 15) is 13.2 Å². The highest BCUT2D eigenvalue weighted by atomic mass is 32.2. The van der Waals surface area contributed by atoms with Gasteiger partial charge in [0.15, 0.2) is 15.7 Å². The molecule has 1 aliphatic heterocycles. The Bertz CT molecular complexity index is 1340. The molecule has 4 rings (SSSR count). The van der Waals surface area contributed by atoms with E-state index in [4.69, 9.17) is 16.5 Å². The molecule has 2 amide bonds. The van der Waals surface area contributed by atoms with Crippen molar-refractivity contribution in [3.05, 3.63) is 52.7 Å². The van der Waals surface area contributed by atoms with Gasteiger partial charge in [-0.05, 0) is 25.0 Å². The maximum Gasteiger partial charge on any atom is 0.319 e. The number of nitrogens with two attached hydrogens (primary N) is 2. The number of nitrogens with zero attached hydrogens (tertiary/aromatic N) is 4. The molecule has 0 spiro atoms. The van der Waals surface area contributed by atoms with Crippen LogP contribution < -0.4 is 11.5 Å². The molecule has 1 aromatic carbocycles. The molecule has 0 radical (unpaired) electrons. The number of fused-ring (bicyclic) bond motifs is 3. The van der Waals surface area contributed by atoms with Crippen molar-refractivity contribution >= 4 is 43.6 Å². The zero-order valence-electron chi connectivity index (χ0n) is 17.2. The number of unbranched alkanes of at least 4 members (excludes halogenated alkanes) is 1. The predicted octanol–water partition coefficient (Wildman–Crippen LogP) is 2.67. The third-order valence-corrected chi connectivity index (χ3v) is 6.40.